The number of ketones is 1. The van der Waals surface area contributed by atoms with E-state index in [0.29, 0.717) is 22.0 Å². The molecule has 1 aliphatic carbocycles. The van der Waals surface area contributed by atoms with Crippen LogP contribution in [-0.2, 0) is 14.4 Å². The van der Waals surface area contributed by atoms with E-state index in [1.165, 1.54) is 23.2 Å². The number of nitrogens with zero attached hydrogens (tertiary/aromatic N) is 4. The Bertz CT molecular complexity index is 1780. The van der Waals surface area contributed by atoms with E-state index in [0.717, 1.165) is 0 Å². The number of hydrogen-bond acceptors (Lipinski definition) is 6. The molecule has 1 aliphatic heterocycles. The van der Waals surface area contributed by atoms with Crippen molar-refractivity contribution in [1.29, 1.82) is 5.26 Å². The van der Waals surface area contributed by atoms with Gasteiger partial charge in [-0.25, -0.2) is 13.8 Å². The first-order valence-corrected chi connectivity index (χ1v) is 14.1. The molecular formula is C31H25ClF2N6O3. The van der Waals surface area contributed by atoms with Crippen LogP contribution in [0.3, 0.4) is 0 Å². The van der Waals surface area contributed by atoms with Gasteiger partial charge in [0.25, 0.3) is 5.92 Å². The van der Waals surface area contributed by atoms with Crippen molar-refractivity contribution >= 4 is 45.9 Å². The summed E-state index contributed by atoms with van der Waals surface area (Å²) < 4.78 is 27.4. The number of carbonyl (C=O) groups excluding carboxylic acids is 3. The molecule has 0 radical (unpaired) electrons. The lowest BCUT2D eigenvalue weighted by Crippen LogP contribution is -2.53. The van der Waals surface area contributed by atoms with Gasteiger partial charge in [-0.05, 0) is 35.7 Å². The SMILES string of the molecule is N#Cc1ccnc(N2C(=O)CC[C@H]2C(=O)C(c2cccc3cn[nH]c23)C(C(=O)NC2CC(F)(F)C2)c2ccccc2Cl)c1. The number of benzene rings is 2. The van der Waals surface area contributed by atoms with Gasteiger partial charge in [0.1, 0.15) is 5.82 Å². The standard InChI is InChI=1S/C31H25ClF2N6O3/c32-22-7-2-1-5-20(22)27(30(43)38-19-13-31(33,34)14-19)26(21-6-3-4-18-16-37-39-28(18)21)29(42)23-8-9-25(41)40(23)24-12-17(15-35)10-11-36-24/h1-7,10-12,16,19,23,26-27H,8-9,13-14H2,(H,37,39)(H,38,43)/t23-,26?,27?/m0/s1. The molecule has 43 heavy (non-hydrogen) atoms. The van der Waals surface area contributed by atoms with E-state index in [-0.39, 0.29) is 35.2 Å². The van der Waals surface area contributed by atoms with Crippen molar-refractivity contribution in [2.45, 2.75) is 55.5 Å². The van der Waals surface area contributed by atoms with Gasteiger partial charge in [-0.3, -0.25) is 24.4 Å². The molecule has 1 saturated carbocycles. The van der Waals surface area contributed by atoms with Gasteiger partial charge in [-0.15, -0.1) is 0 Å². The van der Waals surface area contributed by atoms with Crippen molar-refractivity contribution in [3.63, 3.8) is 0 Å². The van der Waals surface area contributed by atoms with Gasteiger partial charge in [0, 0.05) is 41.9 Å². The molecule has 2 amide bonds. The number of alkyl halides is 2. The molecule has 2 aromatic heterocycles. The van der Waals surface area contributed by atoms with Gasteiger partial charge in [0.05, 0.1) is 41.2 Å². The smallest absolute Gasteiger partial charge is 0.252 e. The maximum absolute atomic E-state index is 14.8. The van der Waals surface area contributed by atoms with Crippen LogP contribution < -0.4 is 10.2 Å². The Kier molecular flexibility index (Phi) is 7.40. The number of aromatic amines is 1. The van der Waals surface area contributed by atoms with Crippen LogP contribution in [0, 0.1) is 11.3 Å². The largest absolute Gasteiger partial charge is 0.352 e. The Morgan fingerprint density at radius 2 is 1.88 bits per heavy atom. The third-order valence-corrected chi connectivity index (χ3v) is 8.45. The van der Waals surface area contributed by atoms with Crippen molar-refractivity contribution in [2.24, 2.45) is 0 Å². The fourth-order valence-electron chi connectivity index (χ4n) is 6.07. The van der Waals surface area contributed by atoms with E-state index in [9.17, 15) is 28.4 Å². The second kappa shape index (κ2) is 11.2. The van der Waals surface area contributed by atoms with Crippen LogP contribution in [0.2, 0.25) is 5.02 Å². The zero-order chi connectivity index (χ0) is 30.3. The highest BCUT2D eigenvalue weighted by atomic mass is 35.5. The lowest BCUT2D eigenvalue weighted by Gasteiger charge is -2.37. The van der Waals surface area contributed by atoms with E-state index in [2.05, 4.69) is 20.5 Å². The van der Waals surface area contributed by atoms with E-state index >= 15 is 0 Å². The Morgan fingerprint density at radius 1 is 1.12 bits per heavy atom. The lowest BCUT2D eigenvalue weighted by atomic mass is 9.75. The maximum Gasteiger partial charge on any atom is 0.252 e. The van der Waals surface area contributed by atoms with Crippen molar-refractivity contribution in [3.8, 4) is 6.07 Å². The number of amides is 2. The summed E-state index contributed by atoms with van der Waals surface area (Å²) >= 11 is 6.63. The predicted molar refractivity (Wildman–Crippen MR) is 154 cm³/mol. The first kappa shape index (κ1) is 28.4. The average molecular weight is 603 g/mol. The number of pyridine rings is 1. The number of aromatic nitrogens is 3. The molecule has 0 spiro atoms. The fourth-order valence-corrected chi connectivity index (χ4v) is 6.32. The maximum atomic E-state index is 14.8. The number of Topliss-reactive ketones (excluding diaryl/α,β-unsaturated/α-hetero) is 1. The summed E-state index contributed by atoms with van der Waals surface area (Å²) in [7, 11) is 0. The van der Waals surface area contributed by atoms with Crippen LogP contribution in [0.4, 0.5) is 14.6 Å². The second-order valence-corrected chi connectivity index (χ2v) is 11.3. The zero-order valence-corrected chi connectivity index (χ0v) is 23.4. The molecule has 2 unspecified atom stereocenters. The van der Waals surface area contributed by atoms with Crippen LogP contribution in [0.5, 0.6) is 0 Å². The van der Waals surface area contributed by atoms with Crippen molar-refractivity contribution in [3.05, 3.63) is 88.7 Å². The molecule has 12 heteroatoms. The number of H-pyrrole nitrogens is 1. The highest BCUT2D eigenvalue weighted by molar-refractivity contribution is 6.31. The highest BCUT2D eigenvalue weighted by Crippen LogP contribution is 2.44. The number of para-hydroxylation sites is 1. The quantitative estimate of drug-likeness (QED) is 0.291. The fraction of sp³-hybridized carbons (Fsp3) is 0.290. The number of anilines is 1. The number of hydrogen-bond donors (Lipinski definition) is 2. The number of nitriles is 1. The minimum Gasteiger partial charge on any atom is -0.352 e. The Labute approximate surface area is 249 Å². The van der Waals surface area contributed by atoms with E-state index in [4.69, 9.17) is 11.6 Å². The minimum atomic E-state index is -2.87. The van der Waals surface area contributed by atoms with Crippen LogP contribution in [-0.4, -0.2) is 50.8 Å². The molecule has 1 saturated heterocycles. The number of fused-ring (bicyclic) bond motifs is 1. The molecule has 9 nitrogen and oxygen atoms in total. The molecule has 3 heterocycles. The molecule has 2 aliphatic rings. The summed E-state index contributed by atoms with van der Waals surface area (Å²) in [5.41, 5.74) is 1.56. The number of carbonyl (C=O) groups is 3. The number of rotatable bonds is 8. The highest BCUT2D eigenvalue weighted by Gasteiger charge is 2.49. The molecule has 0 bridgehead atoms. The van der Waals surface area contributed by atoms with E-state index in [1.807, 2.05) is 6.07 Å². The van der Waals surface area contributed by atoms with Gasteiger partial charge in [0.15, 0.2) is 5.78 Å². The first-order chi connectivity index (χ1) is 20.7. The lowest BCUT2D eigenvalue weighted by molar-refractivity contribution is -0.134. The molecule has 218 valence electrons. The topological polar surface area (TPSA) is 132 Å². The van der Waals surface area contributed by atoms with Crippen LogP contribution in [0.15, 0.2) is 67.0 Å². The Morgan fingerprint density at radius 3 is 2.63 bits per heavy atom. The zero-order valence-electron chi connectivity index (χ0n) is 22.6. The van der Waals surface area contributed by atoms with Gasteiger partial charge in [-0.1, -0.05) is 48.0 Å². The van der Waals surface area contributed by atoms with Crippen molar-refractivity contribution < 1.29 is 23.2 Å². The summed E-state index contributed by atoms with van der Waals surface area (Å²) in [4.78, 5) is 47.6. The molecule has 3 atom stereocenters. The number of nitrogens with one attached hydrogen (secondary N) is 2. The summed E-state index contributed by atoms with van der Waals surface area (Å²) in [6.07, 6.45) is 2.17. The van der Waals surface area contributed by atoms with Crippen molar-refractivity contribution in [2.75, 3.05) is 4.90 Å². The minimum absolute atomic E-state index is 0.0515. The van der Waals surface area contributed by atoms with Crippen LogP contribution in [0.1, 0.15) is 54.2 Å². The number of halogens is 3. The summed E-state index contributed by atoms with van der Waals surface area (Å²) in [6.45, 7) is 0. The van der Waals surface area contributed by atoms with Crippen LogP contribution >= 0.6 is 11.6 Å². The van der Waals surface area contributed by atoms with Crippen molar-refractivity contribution in [1.82, 2.24) is 20.5 Å². The average Bonchev–Trinajstić information content (AvgIpc) is 3.62. The van der Waals surface area contributed by atoms with E-state index in [1.54, 1.807) is 48.7 Å². The van der Waals surface area contributed by atoms with Gasteiger partial charge in [0.2, 0.25) is 11.8 Å². The molecule has 6 rings (SSSR count). The Balaban J connectivity index is 1.49. The third kappa shape index (κ3) is 5.34. The first-order valence-electron chi connectivity index (χ1n) is 13.7. The normalized spacial score (nSPS) is 19.4. The second-order valence-electron chi connectivity index (χ2n) is 10.9. The molecule has 2 aromatic carbocycles. The van der Waals surface area contributed by atoms with Gasteiger partial charge < -0.3 is 5.32 Å². The van der Waals surface area contributed by atoms with Crippen LogP contribution in [0.25, 0.3) is 10.9 Å². The van der Waals surface area contributed by atoms with Gasteiger partial charge >= 0.3 is 0 Å². The molecular weight excluding hydrogens is 578 g/mol. The third-order valence-electron chi connectivity index (χ3n) is 8.10. The molecule has 4 aromatic rings. The molecule has 2 fully saturated rings. The monoisotopic (exact) mass is 602 g/mol. The van der Waals surface area contributed by atoms with Gasteiger partial charge in [-0.2, -0.15) is 10.4 Å². The Hall–Kier alpha value is -4.69. The summed E-state index contributed by atoms with van der Waals surface area (Å²) in [6, 6.07) is 15.0. The predicted octanol–water partition coefficient (Wildman–Crippen LogP) is 5.03. The summed E-state index contributed by atoms with van der Waals surface area (Å²) in [5, 5.41) is 20.1. The molecule has 2 N–H and O–H groups in total. The summed E-state index contributed by atoms with van der Waals surface area (Å²) in [5.74, 6) is -6.62. The van der Waals surface area contributed by atoms with E-state index < -0.39 is 54.4 Å².